The highest BCUT2D eigenvalue weighted by Crippen LogP contribution is 2.15. The predicted molar refractivity (Wildman–Crippen MR) is 59.8 cm³/mol. The van der Waals surface area contributed by atoms with Crippen molar-refractivity contribution in [2.45, 2.75) is 19.8 Å². The number of benzene rings is 1. The lowest BCUT2D eigenvalue weighted by Gasteiger charge is -2.07. The molecular weight excluding hydrogens is 209 g/mol. The molecule has 0 fully saturated rings. The van der Waals surface area contributed by atoms with Crippen LogP contribution in [0.5, 0.6) is 5.75 Å². The molecule has 3 nitrogen and oxygen atoms in total. The summed E-state index contributed by atoms with van der Waals surface area (Å²) in [5.41, 5.74) is 0. The van der Waals surface area contributed by atoms with Crippen molar-refractivity contribution in [1.29, 1.82) is 0 Å². The second-order valence-corrected chi connectivity index (χ2v) is 3.38. The van der Waals surface area contributed by atoms with Gasteiger partial charge in [0.25, 0.3) is 0 Å². The van der Waals surface area contributed by atoms with Crippen molar-refractivity contribution in [1.82, 2.24) is 5.32 Å². The molecule has 16 heavy (non-hydrogen) atoms. The molecule has 1 rings (SSSR count). The van der Waals surface area contributed by atoms with E-state index in [-0.39, 0.29) is 24.7 Å². The van der Waals surface area contributed by atoms with Crippen LogP contribution in [0.25, 0.3) is 0 Å². The monoisotopic (exact) mass is 225 g/mol. The summed E-state index contributed by atoms with van der Waals surface area (Å²) in [6.45, 7) is 2.84. The standard InChI is InChI=1S/C12H16FNO2/c1-2-8-14-12(15)7-9-16-11-6-4-3-5-10(11)13/h3-6H,2,7-9H2,1H3,(H,14,15). The van der Waals surface area contributed by atoms with Crippen molar-refractivity contribution in [2.24, 2.45) is 0 Å². The summed E-state index contributed by atoms with van der Waals surface area (Å²) in [6, 6.07) is 6.15. The number of para-hydroxylation sites is 1. The summed E-state index contributed by atoms with van der Waals surface area (Å²) in [7, 11) is 0. The maximum atomic E-state index is 13.1. The molecule has 0 bridgehead atoms. The van der Waals surface area contributed by atoms with Gasteiger partial charge in [-0.2, -0.15) is 0 Å². The molecule has 0 atom stereocenters. The highest BCUT2D eigenvalue weighted by atomic mass is 19.1. The number of nitrogens with one attached hydrogen (secondary N) is 1. The molecule has 0 aliphatic heterocycles. The van der Waals surface area contributed by atoms with Crippen LogP contribution in [0.1, 0.15) is 19.8 Å². The minimum absolute atomic E-state index is 0.0711. The van der Waals surface area contributed by atoms with E-state index >= 15 is 0 Å². The van der Waals surface area contributed by atoms with Crippen LogP contribution in [0.4, 0.5) is 4.39 Å². The van der Waals surface area contributed by atoms with Gasteiger partial charge in [-0.3, -0.25) is 4.79 Å². The highest BCUT2D eigenvalue weighted by Gasteiger charge is 2.03. The number of carbonyl (C=O) groups is 1. The van der Waals surface area contributed by atoms with Crippen LogP contribution in [0.3, 0.4) is 0 Å². The fourth-order valence-electron chi connectivity index (χ4n) is 1.17. The van der Waals surface area contributed by atoms with Crippen molar-refractivity contribution in [3.8, 4) is 5.75 Å². The van der Waals surface area contributed by atoms with Gasteiger partial charge >= 0.3 is 0 Å². The van der Waals surface area contributed by atoms with Crippen molar-refractivity contribution < 1.29 is 13.9 Å². The second kappa shape index (κ2) is 6.82. The van der Waals surface area contributed by atoms with Crippen molar-refractivity contribution in [2.75, 3.05) is 13.2 Å². The van der Waals surface area contributed by atoms with Gasteiger partial charge in [-0.25, -0.2) is 4.39 Å². The molecule has 4 heteroatoms. The van der Waals surface area contributed by atoms with E-state index in [0.717, 1.165) is 6.42 Å². The quantitative estimate of drug-likeness (QED) is 0.805. The van der Waals surface area contributed by atoms with Crippen LogP contribution < -0.4 is 10.1 Å². The molecule has 88 valence electrons. The van der Waals surface area contributed by atoms with E-state index in [0.29, 0.717) is 6.54 Å². The summed E-state index contributed by atoms with van der Waals surface area (Å²) < 4.78 is 18.2. The lowest BCUT2D eigenvalue weighted by atomic mass is 10.3. The van der Waals surface area contributed by atoms with Gasteiger partial charge in [0, 0.05) is 6.54 Å². The molecule has 0 spiro atoms. The molecule has 0 radical (unpaired) electrons. The van der Waals surface area contributed by atoms with Gasteiger partial charge in [-0.1, -0.05) is 19.1 Å². The van der Waals surface area contributed by atoms with Gasteiger partial charge in [0.1, 0.15) is 0 Å². The van der Waals surface area contributed by atoms with E-state index in [1.54, 1.807) is 18.2 Å². The molecular formula is C12H16FNO2. The molecule has 1 aromatic carbocycles. The third-order valence-corrected chi connectivity index (χ3v) is 2.00. The Hall–Kier alpha value is -1.58. The Morgan fingerprint density at radius 3 is 2.88 bits per heavy atom. The number of hydrogen-bond donors (Lipinski definition) is 1. The van der Waals surface area contributed by atoms with Gasteiger partial charge in [0.05, 0.1) is 13.0 Å². The van der Waals surface area contributed by atoms with Crippen LogP contribution in [0.2, 0.25) is 0 Å². The zero-order chi connectivity index (χ0) is 11.8. The maximum absolute atomic E-state index is 13.1. The number of halogens is 1. The fraction of sp³-hybridized carbons (Fsp3) is 0.417. The Bertz CT molecular complexity index is 342. The van der Waals surface area contributed by atoms with Gasteiger partial charge in [-0.15, -0.1) is 0 Å². The number of ether oxygens (including phenoxy) is 1. The van der Waals surface area contributed by atoms with E-state index in [2.05, 4.69) is 5.32 Å². The molecule has 0 unspecified atom stereocenters. The predicted octanol–water partition coefficient (Wildman–Crippen LogP) is 2.12. The Balaban J connectivity index is 2.25. The van der Waals surface area contributed by atoms with Gasteiger partial charge in [-0.05, 0) is 18.6 Å². The Labute approximate surface area is 94.6 Å². The third kappa shape index (κ3) is 4.29. The van der Waals surface area contributed by atoms with Crippen LogP contribution in [0.15, 0.2) is 24.3 Å². The first-order chi connectivity index (χ1) is 7.74. The molecule has 0 saturated carbocycles. The number of hydrogen-bond acceptors (Lipinski definition) is 2. The molecule has 1 aromatic rings. The van der Waals surface area contributed by atoms with Crippen molar-refractivity contribution in [3.63, 3.8) is 0 Å². The smallest absolute Gasteiger partial charge is 0.223 e. The summed E-state index contributed by atoms with van der Waals surface area (Å²) >= 11 is 0. The zero-order valence-electron chi connectivity index (χ0n) is 9.33. The number of carbonyl (C=O) groups excluding carboxylic acids is 1. The van der Waals surface area contributed by atoms with Crippen molar-refractivity contribution >= 4 is 5.91 Å². The van der Waals surface area contributed by atoms with Crippen LogP contribution in [-0.4, -0.2) is 19.1 Å². The number of rotatable bonds is 6. The van der Waals surface area contributed by atoms with E-state index in [9.17, 15) is 9.18 Å². The van der Waals surface area contributed by atoms with Crippen LogP contribution in [0, 0.1) is 5.82 Å². The molecule has 0 aromatic heterocycles. The van der Waals surface area contributed by atoms with E-state index in [1.807, 2.05) is 6.92 Å². The maximum Gasteiger partial charge on any atom is 0.223 e. The summed E-state index contributed by atoms with van der Waals surface area (Å²) in [4.78, 5) is 11.2. The summed E-state index contributed by atoms with van der Waals surface area (Å²) in [6.07, 6.45) is 1.15. The largest absolute Gasteiger partial charge is 0.490 e. The fourth-order valence-corrected chi connectivity index (χ4v) is 1.17. The Kier molecular flexibility index (Phi) is 5.32. The molecule has 0 aliphatic carbocycles. The lowest BCUT2D eigenvalue weighted by Crippen LogP contribution is -2.25. The zero-order valence-corrected chi connectivity index (χ0v) is 9.33. The molecule has 0 aliphatic rings. The molecule has 1 N–H and O–H groups in total. The normalized spacial score (nSPS) is 9.88. The molecule has 1 amide bonds. The Morgan fingerprint density at radius 1 is 1.44 bits per heavy atom. The van der Waals surface area contributed by atoms with Crippen molar-refractivity contribution in [3.05, 3.63) is 30.1 Å². The van der Waals surface area contributed by atoms with E-state index in [4.69, 9.17) is 4.74 Å². The van der Waals surface area contributed by atoms with Gasteiger partial charge in [0.15, 0.2) is 11.6 Å². The average Bonchev–Trinajstić information content (AvgIpc) is 2.29. The second-order valence-electron chi connectivity index (χ2n) is 3.38. The van der Waals surface area contributed by atoms with Crippen LogP contribution in [-0.2, 0) is 4.79 Å². The average molecular weight is 225 g/mol. The first-order valence-electron chi connectivity index (χ1n) is 5.38. The van der Waals surface area contributed by atoms with E-state index in [1.165, 1.54) is 6.07 Å². The van der Waals surface area contributed by atoms with Gasteiger partial charge in [0.2, 0.25) is 5.91 Å². The molecule has 0 saturated heterocycles. The summed E-state index contributed by atoms with van der Waals surface area (Å²) in [5, 5.41) is 2.72. The van der Waals surface area contributed by atoms with E-state index < -0.39 is 5.82 Å². The minimum atomic E-state index is -0.406. The lowest BCUT2D eigenvalue weighted by molar-refractivity contribution is -0.121. The number of amides is 1. The molecule has 0 heterocycles. The topological polar surface area (TPSA) is 38.3 Å². The van der Waals surface area contributed by atoms with Crippen LogP contribution >= 0.6 is 0 Å². The van der Waals surface area contributed by atoms with Gasteiger partial charge < -0.3 is 10.1 Å². The minimum Gasteiger partial charge on any atom is -0.490 e. The first-order valence-corrected chi connectivity index (χ1v) is 5.38. The third-order valence-electron chi connectivity index (χ3n) is 2.00. The summed E-state index contributed by atoms with van der Waals surface area (Å²) in [5.74, 6) is -0.291. The highest BCUT2D eigenvalue weighted by molar-refractivity contribution is 5.75. The SMILES string of the molecule is CCCNC(=O)CCOc1ccccc1F. The Morgan fingerprint density at radius 2 is 2.19 bits per heavy atom. The first kappa shape index (κ1) is 12.5.